The van der Waals surface area contributed by atoms with Crippen LogP contribution in [0.4, 0.5) is 10.1 Å². The summed E-state index contributed by atoms with van der Waals surface area (Å²) in [7, 11) is 1.67. The number of ether oxygens (including phenoxy) is 1. The van der Waals surface area contributed by atoms with Crippen molar-refractivity contribution in [2.45, 2.75) is 13.2 Å². The highest BCUT2D eigenvalue weighted by molar-refractivity contribution is 9.10. The lowest BCUT2D eigenvalue weighted by molar-refractivity contribution is 0.185. The summed E-state index contributed by atoms with van der Waals surface area (Å²) in [4.78, 5) is 0. The molecule has 0 amide bonds. The highest BCUT2D eigenvalue weighted by Crippen LogP contribution is 2.21. The Labute approximate surface area is 120 Å². The minimum atomic E-state index is -0.243. The second kappa shape index (κ2) is 6.68. The second-order valence-electron chi connectivity index (χ2n) is 4.20. The average molecular weight is 324 g/mol. The van der Waals surface area contributed by atoms with Gasteiger partial charge in [0.1, 0.15) is 5.82 Å². The van der Waals surface area contributed by atoms with Crippen molar-refractivity contribution in [3.8, 4) is 0 Å². The van der Waals surface area contributed by atoms with Crippen LogP contribution in [0, 0.1) is 5.82 Å². The molecule has 0 atom stereocenters. The fourth-order valence-electron chi connectivity index (χ4n) is 1.82. The van der Waals surface area contributed by atoms with Gasteiger partial charge < -0.3 is 10.1 Å². The molecule has 0 aromatic heterocycles. The van der Waals surface area contributed by atoms with Gasteiger partial charge in [0.15, 0.2) is 0 Å². The normalized spacial score (nSPS) is 10.5. The van der Waals surface area contributed by atoms with Crippen LogP contribution in [0.25, 0.3) is 0 Å². The molecule has 0 aliphatic heterocycles. The van der Waals surface area contributed by atoms with E-state index in [1.807, 2.05) is 30.3 Å². The first-order chi connectivity index (χ1) is 9.20. The monoisotopic (exact) mass is 323 g/mol. The second-order valence-corrected chi connectivity index (χ2v) is 4.99. The van der Waals surface area contributed by atoms with E-state index in [1.165, 1.54) is 6.07 Å². The molecule has 2 rings (SSSR count). The Balaban J connectivity index is 2.06. The molecule has 4 heteroatoms. The van der Waals surface area contributed by atoms with Gasteiger partial charge in [0, 0.05) is 19.3 Å². The van der Waals surface area contributed by atoms with E-state index in [4.69, 9.17) is 4.74 Å². The van der Waals surface area contributed by atoms with Crippen molar-refractivity contribution < 1.29 is 9.13 Å². The number of hydrogen-bond acceptors (Lipinski definition) is 2. The van der Waals surface area contributed by atoms with Crippen molar-refractivity contribution in [2.75, 3.05) is 12.4 Å². The number of nitrogens with one attached hydrogen (secondary N) is 1. The maximum Gasteiger partial charge on any atom is 0.137 e. The number of benzene rings is 2. The molecule has 0 aliphatic carbocycles. The molecule has 0 radical (unpaired) electrons. The summed E-state index contributed by atoms with van der Waals surface area (Å²) in [6, 6.07) is 13.0. The van der Waals surface area contributed by atoms with Gasteiger partial charge in [-0.25, -0.2) is 4.39 Å². The highest BCUT2D eigenvalue weighted by atomic mass is 79.9. The number of hydrogen-bond donors (Lipinski definition) is 1. The molecule has 0 spiro atoms. The van der Waals surface area contributed by atoms with Crippen molar-refractivity contribution in [3.05, 3.63) is 63.9 Å². The number of halogens is 2. The molecule has 0 bridgehead atoms. The van der Waals surface area contributed by atoms with Gasteiger partial charge >= 0.3 is 0 Å². The Kier molecular flexibility index (Phi) is 4.93. The van der Waals surface area contributed by atoms with E-state index in [-0.39, 0.29) is 5.82 Å². The van der Waals surface area contributed by atoms with Crippen molar-refractivity contribution in [1.82, 2.24) is 0 Å². The van der Waals surface area contributed by atoms with Crippen molar-refractivity contribution in [3.63, 3.8) is 0 Å². The van der Waals surface area contributed by atoms with E-state index in [9.17, 15) is 4.39 Å². The van der Waals surface area contributed by atoms with Crippen molar-refractivity contribution in [2.24, 2.45) is 0 Å². The standard InChI is InChI=1S/C15H15BrFNO/c1-19-10-11-4-2-6-13(8-11)18-9-12-5-3-7-14(17)15(12)16/h2-8,18H,9-10H2,1H3. The Morgan fingerprint density at radius 3 is 2.79 bits per heavy atom. The minimum Gasteiger partial charge on any atom is -0.381 e. The van der Waals surface area contributed by atoms with E-state index in [0.717, 1.165) is 16.8 Å². The first-order valence-electron chi connectivity index (χ1n) is 5.95. The minimum absolute atomic E-state index is 0.243. The van der Waals surface area contributed by atoms with Crippen LogP contribution in [0.3, 0.4) is 0 Å². The van der Waals surface area contributed by atoms with Crippen LogP contribution in [0.2, 0.25) is 0 Å². The zero-order chi connectivity index (χ0) is 13.7. The van der Waals surface area contributed by atoms with E-state index >= 15 is 0 Å². The summed E-state index contributed by atoms with van der Waals surface area (Å²) >= 11 is 3.26. The number of methoxy groups -OCH3 is 1. The van der Waals surface area contributed by atoms with Crippen LogP contribution in [0.15, 0.2) is 46.9 Å². The van der Waals surface area contributed by atoms with Gasteiger partial charge in [-0.15, -0.1) is 0 Å². The lowest BCUT2D eigenvalue weighted by Crippen LogP contribution is -2.01. The molecular formula is C15H15BrFNO. The van der Waals surface area contributed by atoms with E-state index in [2.05, 4.69) is 21.2 Å². The number of anilines is 1. The summed E-state index contributed by atoms with van der Waals surface area (Å²) in [6.45, 7) is 1.15. The third kappa shape index (κ3) is 3.78. The maximum absolute atomic E-state index is 13.4. The zero-order valence-corrected chi connectivity index (χ0v) is 12.2. The Bertz CT molecular complexity index is 560. The van der Waals surface area contributed by atoms with Crippen LogP contribution in [0.1, 0.15) is 11.1 Å². The molecule has 2 aromatic rings. The van der Waals surface area contributed by atoms with Gasteiger partial charge in [0.25, 0.3) is 0 Å². The summed E-state index contributed by atoms with van der Waals surface area (Å²) in [5, 5.41) is 3.28. The molecule has 0 saturated heterocycles. The molecule has 0 heterocycles. The zero-order valence-electron chi connectivity index (χ0n) is 10.6. The molecular weight excluding hydrogens is 309 g/mol. The van der Waals surface area contributed by atoms with Gasteiger partial charge in [-0.3, -0.25) is 0 Å². The van der Waals surface area contributed by atoms with Crippen molar-refractivity contribution >= 4 is 21.6 Å². The molecule has 2 aromatic carbocycles. The van der Waals surface area contributed by atoms with Gasteiger partial charge in [-0.1, -0.05) is 24.3 Å². The highest BCUT2D eigenvalue weighted by Gasteiger charge is 2.04. The summed E-state index contributed by atoms with van der Waals surface area (Å²) < 4.78 is 19.0. The average Bonchev–Trinajstić information content (AvgIpc) is 2.41. The Morgan fingerprint density at radius 2 is 2.00 bits per heavy atom. The molecule has 1 N–H and O–H groups in total. The molecule has 0 fully saturated rings. The molecule has 19 heavy (non-hydrogen) atoms. The maximum atomic E-state index is 13.4. The first-order valence-corrected chi connectivity index (χ1v) is 6.74. The van der Waals surface area contributed by atoms with E-state index in [0.29, 0.717) is 17.6 Å². The summed E-state index contributed by atoms with van der Waals surface area (Å²) in [5.74, 6) is -0.243. The van der Waals surface area contributed by atoms with E-state index < -0.39 is 0 Å². The topological polar surface area (TPSA) is 21.3 Å². The fraction of sp³-hybridized carbons (Fsp3) is 0.200. The lowest BCUT2D eigenvalue weighted by Gasteiger charge is -2.10. The predicted molar refractivity (Wildman–Crippen MR) is 78.6 cm³/mol. The van der Waals surface area contributed by atoms with Crippen LogP contribution < -0.4 is 5.32 Å². The SMILES string of the molecule is COCc1cccc(NCc2cccc(F)c2Br)c1. The summed E-state index contributed by atoms with van der Waals surface area (Å²) in [5.41, 5.74) is 2.98. The van der Waals surface area contributed by atoms with E-state index in [1.54, 1.807) is 13.2 Å². The predicted octanol–water partition coefficient (Wildman–Crippen LogP) is 4.35. The largest absolute Gasteiger partial charge is 0.381 e. The number of rotatable bonds is 5. The quantitative estimate of drug-likeness (QED) is 0.883. The summed E-state index contributed by atoms with van der Waals surface area (Å²) in [6.07, 6.45) is 0. The Hall–Kier alpha value is -1.39. The van der Waals surface area contributed by atoms with Crippen molar-refractivity contribution in [1.29, 1.82) is 0 Å². The molecule has 2 nitrogen and oxygen atoms in total. The van der Waals surface area contributed by atoms with Crippen LogP contribution >= 0.6 is 15.9 Å². The first kappa shape index (κ1) is 14.0. The Morgan fingerprint density at radius 1 is 1.21 bits per heavy atom. The van der Waals surface area contributed by atoms with Crippen LogP contribution in [-0.2, 0) is 17.9 Å². The van der Waals surface area contributed by atoms with Gasteiger partial charge in [0.2, 0.25) is 0 Å². The third-order valence-corrected chi connectivity index (χ3v) is 3.64. The van der Waals surface area contributed by atoms with Gasteiger partial charge in [-0.2, -0.15) is 0 Å². The molecule has 100 valence electrons. The molecule has 0 aliphatic rings. The van der Waals surface area contributed by atoms with Gasteiger partial charge in [0.05, 0.1) is 11.1 Å². The lowest BCUT2D eigenvalue weighted by atomic mass is 10.2. The molecule has 0 saturated carbocycles. The third-order valence-electron chi connectivity index (χ3n) is 2.75. The smallest absolute Gasteiger partial charge is 0.137 e. The van der Waals surface area contributed by atoms with Gasteiger partial charge in [-0.05, 0) is 45.3 Å². The van der Waals surface area contributed by atoms with Crippen LogP contribution in [-0.4, -0.2) is 7.11 Å². The van der Waals surface area contributed by atoms with Crippen LogP contribution in [0.5, 0.6) is 0 Å². The fourth-order valence-corrected chi connectivity index (χ4v) is 2.22. The molecule has 0 unspecified atom stereocenters.